The maximum atomic E-state index is 5.35. The Bertz CT molecular complexity index is 165. The van der Waals surface area contributed by atoms with Crippen molar-refractivity contribution in [2.75, 3.05) is 33.4 Å². The third-order valence-corrected chi connectivity index (χ3v) is 3.12. The highest BCUT2D eigenvalue weighted by molar-refractivity contribution is 4.84. The molecule has 0 aromatic carbocycles. The van der Waals surface area contributed by atoms with Gasteiger partial charge >= 0.3 is 0 Å². The highest BCUT2D eigenvalue weighted by Gasteiger charge is 2.24. The summed E-state index contributed by atoms with van der Waals surface area (Å²) in [6, 6.07) is 1.34. The Morgan fingerprint density at radius 1 is 1.25 bits per heavy atom. The summed E-state index contributed by atoms with van der Waals surface area (Å²) in [7, 11) is 1.81. The van der Waals surface area contributed by atoms with Crippen LogP contribution in [0.5, 0.6) is 0 Å². The van der Waals surface area contributed by atoms with Crippen molar-refractivity contribution in [1.82, 2.24) is 10.2 Å². The smallest absolute Gasteiger partial charge is 0.0630 e. The first kappa shape index (κ1) is 13.9. The minimum Gasteiger partial charge on any atom is -0.383 e. The predicted molar refractivity (Wildman–Crippen MR) is 68.8 cm³/mol. The third-order valence-electron chi connectivity index (χ3n) is 3.12. The maximum Gasteiger partial charge on any atom is 0.0630 e. The number of methoxy groups -OCH3 is 1. The van der Waals surface area contributed by atoms with Crippen molar-refractivity contribution in [3.63, 3.8) is 0 Å². The van der Waals surface area contributed by atoms with Crippen LogP contribution in [0.2, 0.25) is 0 Å². The highest BCUT2D eigenvalue weighted by Crippen LogP contribution is 2.18. The summed E-state index contributed by atoms with van der Waals surface area (Å²) < 4.78 is 5.35. The average Bonchev–Trinajstić information content (AvgIpc) is 3.08. The van der Waals surface area contributed by atoms with Crippen LogP contribution in [0.25, 0.3) is 0 Å². The molecule has 0 aliphatic heterocycles. The number of rotatable bonds is 10. The Kier molecular flexibility index (Phi) is 7.01. The molecule has 0 heterocycles. The van der Waals surface area contributed by atoms with E-state index in [2.05, 4.69) is 24.1 Å². The van der Waals surface area contributed by atoms with Crippen LogP contribution in [0, 0.1) is 0 Å². The van der Waals surface area contributed by atoms with Crippen LogP contribution in [0.1, 0.15) is 39.5 Å². The van der Waals surface area contributed by atoms with E-state index in [1.165, 1.54) is 38.8 Å². The van der Waals surface area contributed by atoms with Crippen LogP contribution in [-0.2, 0) is 4.74 Å². The molecule has 1 fully saturated rings. The van der Waals surface area contributed by atoms with Gasteiger partial charge in [-0.25, -0.2) is 0 Å². The Morgan fingerprint density at radius 2 is 1.88 bits per heavy atom. The molecule has 1 saturated carbocycles. The fourth-order valence-electron chi connectivity index (χ4n) is 2.13. The average molecular weight is 228 g/mol. The molecule has 16 heavy (non-hydrogen) atoms. The minimum absolute atomic E-state index is 0.547. The van der Waals surface area contributed by atoms with E-state index < -0.39 is 0 Å². The van der Waals surface area contributed by atoms with Gasteiger partial charge in [-0.05, 0) is 38.8 Å². The lowest BCUT2D eigenvalue weighted by atomic mass is 10.2. The number of ether oxygens (including phenoxy) is 1. The van der Waals surface area contributed by atoms with Gasteiger partial charge in [0.15, 0.2) is 0 Å². The van der Waals surface area contributed by atoms with E-state index in [1.54, 1.807) is 7.11 Å². The number of hydrogen-bond donors (Lipinski definition) is 1. The standard InChI is InChI=1S/C13H28N2O/c1-4-8-15(9-5-2)13(11-16-3)10-14-12-6-7-12/h12-14H,4-11H2,1-3H3. The zero-order valence-corrected chi connectivity index (χ0v) is 11.2. The van der Waals surface area contributed by atoms with Gasteiger partial charge in [-0.3, -0.25) is 4.90 Å². The van der Waals surface area contributed by atoms with Crippen LogP contribution < -0.4 is 5.32 Å². The molecule has 0 amide bonds. The molecule has 3 nitrogen and oxygen atoms in total. The maximum absolute atomic E-state index is 5.35. The second-order valence-corrected chi connectivity index (χ2v) is 4.83. The number of hydrogen-bond acceptors (Lipinski definition) is 3. The van der Waals surface area contributed by atoms with Gasteiger partial charge in [-0.2, -0.15) is 0 Å². The molecular weight excluding hydrogens is 200 g/mol. The molecule has 0 radical (unpaired) electrons. The van der Waals surface area contributed by atoms with Gasteiger partial charge in [-0.1, -0.05) is 13.8 Å². The minimum atomic E-state index is 0.547. The summed E-state index contributed by atoms with van der Waals surface area (Å²) >= 11 is 0. The molecule has 3 heteroatoms. The van der Waals surface area contributed by atoms with E-state index in [4.69, 9.17) is 4.74 Å². The number of nitrogens with one attached hydrogen (secondary N) is 1. The lowest BCUT2D eigenvalue weighted by Crippen LogP contribution is -2.46. The van der Waals surface area contributed by atoms with Gasteiger partial charge in [0.1, 0.15) is 0 Å². The molecule has 1 aliphatic rings. The molecular formula is C13H28N2O. The molecule has 0 spiro atoms. The van der Waals surface area contributed by atoms with Crippen LogP contribution >= 0.6 is 0 Å². The summed E-state index contributed by atoms with van der Waals surface area (Å²) in [5.41, 5.74) is 0. The Morgan fingerprint density at radius 3 is 2.31 bits per heavy atom. The van der Waals surface area contributed by atoms with Gasteiger partial charge in [0.2, 0.25) is 0 Å². The largest absolute Gasteiger partial charge is 0.383 e. The Balaban J connectivity index is 2.34. The van der Waals surface area contributed by atoms with E-state index in [9.17, 15) is 0 Å². The first-order chi connectivity index (χ1) is 7.81. The van der Waals surface area contributed by atoms with Crippen molar-refractivity contribution in [1.29, 1.82) is 0 Å². The normalized spacial score (nSPS) is 18.0. The van der Waals surface area contributed by atoms with E-state index in [0.29, 0.717) is 6.04 Å². The Hall–Kier alpha value is -0.120. The van der Waals surface area contributed by atoms with Crippen molar-refractivity contribution >= 4 is 0 Å². The van der Waals surface area contributed by atoms with Crippen molar-refractivity contribution in [3.05, 3.63) is 0 Å². The molecule has 0 bridgehead atoms. The van der Waals surface area contributed by atoms with Gasteiger partial charge in [0.25, 0.3) is 0 Å². The summed E-state index contributed by atoms with van der Waals surface area (Å²) in [5, 5.41) is 3.62. The quantitative estimate of drug-likeness (QED) is 0.618. The molecule has 1 N–H and O–H groups in total. The molecule has 0 aromatic rings. The van der Waals surface area contributed by atoms with Crippen LogP contribution in [0.4, 0.5) is 0 Å². The van der Waals surface area contributed by atoms with Crippen LogP contribution in [0.15, 0.2) is 0 Å². The van der Waals surface area contributed by atoms with Crippen molar-refractivity contribution in [2.45, 2.75) is 51.6 Å². The zero-order valence-electron chi connectivity index (χ0n) is 11.2. The predicted octanol–water partition coefficient (Wildman–Crippen LogP) is 1.88. The summed E-state index contributed by atoms with van der Waals surface area (Å²) in [4.78, 5) is 2.57. The zero-order chi connectivity index (χ0) is 11.8. The molecule has 1 rings (SSSR count). The van der Waals surface area contributed by atoms with Gasteiger partial charge in [-0.15, -0.1) is 0 Å². The first-order valence-electron chi connectivity index (χ1n) is 6.78. The van der Waals surface area contributed by atoms with Crippen LogP contribution in [-0.4, -0.2) is 50.3 Å². The SMILES string of the molecule is CCCN(CCC)C(CNC1CC1)COC. The van der Waals surface area contributed by atoms with Gasteiger partial charge < -0.3 is 10.1 Å². The monoisotopic (exact) mass is 228 g/mol. The fraction of sp³-hybridized carbons (Fsp3) is 1.00. The third kappa shape index (κ3) is 5.28. The lowest BCUT2D eigenvalue weighted by molar-refractivity contribution is 0.0886. The van der Waals surface area contributed by atoms with Gasteiger partial charge in [0, 0.05) is 25.7 Å². The van der Waals surface area contributed by atoms with Crippen molar-refractivity contribution < 1.29 is 4.74 Å². The molecule has 96 valence electrons. The van der Waals surface area contributed by atoms with E-state index >= 15 is 0 Å². The number of nitrogens with zero attached hydrogens (tertiary/aromatic N) is 1. The van der Waals surface area contributed by atoms with E-state index in [-0.39, 0.29) is 0 Å². The fourth-order valence-corrected chi connectivity index (χ4v) is 2.13. The lowest BCUT2D eigenvalue weighted by Gasteiger charge is -2.31. The molecule has 1 atom stereocenters. The second kappa shape index (κ2) is 8.04. The molecule has 1 unspecified atom stereocenters. The second-order valence-electron chi connectivity index (χ2n) is 4.83. The molecule has 1 aliphatic carbocycles. The summed E-state index contributed by atoms with van der Waals surface area (Å²) in [6.07, 6.45) is 5.18. The first-order valence-corrected chi connectivity index (χ1v) is 6.78. The molecule has 0 aromatic heterocycles. The van der Waals surface area contributed by atoms with Crippen molar-refractivity contribution in [3.8, 4) is 0 Å². The van der Waals surface area contributed by atoms with Crippen LogP contribution in [0.3, 0.4) is 0 Å². The van der Waals surface area contributed by atoms with Crippen molar-refractivity contribution in [2.24, 2.45) is 0 Å². The molecule has 0 saturated heterocycles. The topological polar surface area (TPSA) is 24.5 Å². The highest BCUT2D eigenvalue weighted by atomic mass is 16.5. The van der Waals surface area contributed by atoms with E-state index in [1.807, 2.05) is 0 Å². The Labute approximate surface area is 101 Å². The summed E-state index contributed by atoms with van der Waals surface area (Å²) in [6.45, 7) is 8.81. The van der Waals surface area contributed by atoms with E-state index in [0.717, 1.165) is 19.2 Å². The van der Waals surface area contributed by atoms with Gasteiger partial charge in [0.05, 0.1) is 6.61 Å². The summed E-state index contributed by atoms with van der Waals surface area (Å²) in [5.74, 6) is 0.